The first-order valence-electron chi connectivity index (χ1n) is 7.39. The van der Waals surface area contributed by atoms with E-state index in [0.29, 0.717) is 25.1 Å². The summed E-state index contributed by atoms with van der Waals surface area (Å²) in [4.78, 5) is 25.0. The van der Waals surface area contributed by atoms with E-state index in [1.165, 1.54) is 0 Å². The van der Waals surface area contributed by atoms with Gasteiger partial charge in [0.1, 0.15) is 0 Å². The third kappa shape index (κ3) is 3.74. The van der Waals surface area contributed by atoms with Crippen molar-refractivity contribution < 1.29 is 18.9 Å². The Morgan fingerprint density at radius 2 is 1.91 bits per heavy atom. The summed E-state index contributed by atoms with van der Waals surface area (Å²) in [5, 5.41) is 8.86. The molecule has 0 aliphatic carbocycles. The number of hydrogen-bond acceptors (Lipinski definition) is 3. The van der Waals surface area contributed by atoms with Crippen LogP contribution in [-0.2, 0) is 22.0 Å². The fourth-order valence-corrected chi connectivity index (χ4v) is 3.95. The molecule has 1 saturated heterocycles. The number of amides is 1. The van der Waals surface area contributed by atoms with E-state index in [1.54, 1.807) is 24.3 Å². The van der Waals surface area contributed by atoms with Gasteiger partial charge >= 0.3 is 5.97 Å². The van der Waals surface area contributed by atoms with Gasteiger partial charge in [0.15, 0.2) is 0 Å². The molecule has 22 heavy (non-hydrogen) atoms. The number of carboxylic acids is 1. The van der Waals surface area contributed by atoms with E-state index >= 15 is 0 Å². The second-order valence-corrected chi connectivity index (χ2v) is 7.53. The highest BCUT2D eigenvalue weighted by atomic mass is 32.2. The normalized spacial score (nSPS) is 25.0. The third-order valence-electron chi connectivity index (χ3n) is 4.27. The first kappa shape index (κ1) is 16.7. The first-order chi connectivity index (χ1) is 10.4. The van der Waals surface area contributed by atoms with Gasteiger partial charge in [-0.2, -0.15) is 0 Å². The van der Waals surface area contributed by atoms with Gasteiger partial charge in [-0.05, 0) is 38.0 Å². The largest absolute Gasteiger partial charge is 0.478 e. The summed E-state index contributed by atoms with van der Waals surface area (Å²) in [5.74, 6) is -0.338. The SMILES string of the molecule is CC1C(C)S(=O)CCN1C(=O)CCc1ccc(C(=O)O)cc1. The molecule has 1 aromatic rings. The molecule has 5 nitrogen and oxygen atoms in total. The quantitative estimate of drug-likeness (QED) is 0.915. The molecule has 3 unspecified atom stereocenters. The maximum Gasteiger partial charge on any atom is 0.335 e. The monoisotopic (exact) mass is 323 g/mol. The van der Waals surface area contributed by atoms with Crippen LogP contribution in [0.3, 0.4) is 0 Å². The minimum Gasteiger partial charge on any atom is -0.478 e. The maximum absolute atomic E-state index is 12.3. The second-order valence-electron chi connectivity index (χ2n) is 5.62. The molecule has 6 heteroatoms. The lowest BCUT2D eigenvalue weighted by molar-refractivity contribution is -0.133. The van der Waals surface area contributed by atoms with E-state index < -0.39 is 16.8 Å². The average Bonchev–Trinajstić information content (AvgIpc) is 2.51. The first-order valence-corrected chi connectivity index (χ1v) is 8.77. The van der Waals surface area contributed by atoms with Gasteiger partial charge in [0.05, 0.1) is 10.8 Å². The molecule has 0 saturated carbocycles. The highest BCUT2D eigenvalue weighted by molar-refractivity contribution is 7.85. The molecule has 1 aromatic carbocycles. The molecule has 0 aromatic heterocycles. The maximum atomic E-state index is 12.3. The Kier molecular flexibility index (Phi) is 5.34. The average molecular weight is 323 g/mol. The molecule has 1 heterocycles. The lowest BCUT2D eigenvalue weighted by atomic mass is 10.1. The van der Waals surface area contributed by atoms with Crippen LogP contribution in [-0.4, -0.2) is 49.7 Å². The summed E-state index contributed by atoms with van der Waals surface area (Å²) in [6.07, 6.45) is 0.968. The Hall–Kier alpha value is -1.69. The molecule has 0 bridgehead atoms. The minimum absolute atomic E-state index is 0.00327. The van der Waals surface area contributed by atoms with Crippen molar-refractivity contribution in [3.05, 3.63) is 35.4 Å². The fraction of sp³-hybridized carbons (Fsp3) is 0.500. The van der Waals surface area contributed by atoms with Crippen molar-refractivity contribution in [1.82, 2.24) is 4.90 Å². The molecule has 1 amide bonds. The van der Waals surface area contributed by atoms with Crippen molar-refractivity contribution in [2.45, 2.75) is 38.0 Å². The molecule has 0 spiro atoms. The number of aromatic carboxylic acids is 1. The summed E-state index contributed by atoms with van der Waals surface area (Å²) in [6, 6.07) is 6.59. The van der Waals surface area contributed by atoms with Gasteiger partial charge in [-0.15, -0.1) is 0 Å². The van der Waals surface area contributed by atoms with Gasteiger partial charge in [0, 0.05) is 35.6 Å². The van der Waals surface area contributed by atoms with E-state index in [0.717, 1.165) is 5.56 Å². The Bertz CT molecular complexity index is 584. The minimum atomic E-state index is -0.952. The van der Waals surface area contributed by atoms with Crippen molar-refractivity contribution in [3.63, 3.8) is 0 Å². The number of benzene rings is 1. The highest BCUT2D eigenvalue weighted by Crippen LogP contribution is 2.18. The van der Waals surface area contributed by atoms with Gasteiger partial charge in [0.2, 0.25) is 5.91 Å². The summed E-state index contributed by atoms with van der Waals surface area (Å²) in [6.45, 7) is 4.42. The third-order valence-corrected chi connectivity index (χ3v) is 6.08. The van der Waals surface area contributed by atoms with Crippen LogP contribution >= 0.6 is 0 Å². The number of carbonyl (C=O) groups is 2. The van der Waals surface area contributed by atoms with E-state index in [-0.39, 0.29) is 22.8 Å². The van der Waals surface area contributed by atoms with Crippen LogP contribution in [0.15, 0.2) is 24.3 Å². The van der Waals surface area contributed by atoms with Gasteiger partial charge in [-0.1, -0.05) is 12.1 Å². The van der Waals surface area contributed by atoms with Crippen LogP contribution in [0.5, 0.6) is 0 Å². The highest BCUT2D eigenvalue weighted by Gasteiger charge is 2.32. The Labute approximate surface area is 132 Å². The molecule has 1 fully saturated rings. The van der Waals surface area contributed by atoms with Crippen molar-refractivity contribution in [2.75, 3.05) is 12.3 Å². The predicted molar refractivity (Wildman–Crippen MR) is 85.4 cm³/mol. The van der Waals surface area contributed by atoms with Gasteiger partial charge in [0.25, 0.3) is 0 Å². The van der Waals surface area contributed by atoms with E-state index in [1.807, 2.05) is 18.7 Å². The van der Waals surface area contributed by atoms with Crippen molar-refractivity contribution in [1.29, 1.82) is 0 Å². The topological polar surface area (TPSA) is 74.7 Å². The number of aryl methyl sites for hydroxylation is 1. The van der Waals surface area contributed by atoms with E-state index in [2.05, 4.69) is 0 Å². The molecule has 1 aliphatic heterocycles. The summed E-state index contributed by atoms with van der Waals surface area (Å²) in [7, 11) is -0.849. The van der Waals surface area contributed by atoms with Crippen LogP contribution in [0, 0.1) is 0 Å². The van der Waals surface area contributed by atoms with Crippen LogP contribution in [0.1, 0.15) is 36.2 Å². The lowest BCUT2D eigenvalue weighted by Crippen LogP contribution is -2.52. The molecule has 3 atom stereocenters. The van der Waals surface area contributed by atoms with Crippen molar-refractivity contribution in [2.24, 2.45) is 0 Å². The summed E-state index contributed by atoms with van der Waals surface area (Å²) in [5.41, 5.74) is 1.19. The fourth-order valence-electron chi connectivity index (χ4n) is 2.61. The Morgan fingerprint density at radius 3 is 2.50 bits per heavy atom. The van der Waals surface area contributed by atoms with Crippen LogP contribution < -0.4 is 0 Å². The zero-order chi connectivity index (χ0) is 16.3. The number of carboxylic acid groups (broad SMARTS) is 1. The van der Waals surface area contributed by atoms with Crippen LogP contribution in [0.4, 0.5) is 0 Å². The molecule has 1 aliphatic rings. The summed E-state index contributed by atoms with van der Waals surface area (Å²) >= 11 is 0. The smallest absolute Gasteiger partial charge is 0.335 e. The number of carbonyl (C=O) groups excluding carboxylic acids is 1. The van der Waals surface area contributed by atoms with Crippen LogP contribution in [0.2, 0.25) is 0 Å². The zero-order valence-corrected chi connectivity index (χ0v) is 13.6. The standard InChI is InChI=1S/C16H21NO4S/c1-11-12(2)22(21)10-9-17(11)15(18)8-5-13-3-6-14(7-4-13)16(19)20/h3-4,6-7,11-12H,5,8-10H2,1-2H3,(H,19,20). The second kappa shape index (κ2) is 7.05. The molecule has 2 rings (SSSR count). The number of rotatable bonds is 4. The van der Waals surface area contributed by atoms with E-state index in [9.17, 15) is 13.8 Å². The lowest BCUT2D eigenvalue weighted by Gasteiger charge is -2.37. The molecule has 120 valence electrons. The predicted octanol–water partition coefficient (Wildman–Crippen LogP) is 1.69. The Balaban J connectivity index is 1.92. The van der Waals surface area contributed by atoms with Crippen molar-refractivity contribution >= 4 is 22.7 Å². The molecular weight excluding hydrogens is 302 g/mol. The molecular formula is C16H21NO4S. The van der Waals surface area contributed by atoms with E-state index in [4.69, 9.17) is 5.11 Å². The van der Waals surface area contributed by atoms with Crippen molar-refractivity contribution in [3.8, 4) is 0 Å². The number of hydrogen-bond donors (Lipinski definition) is 1. The zero-order valence-electron chi connectivity index (χ0n) is 12.8. The number of nitrogens with zero attached hydrogens (tertiary/aromatic N) is 1. The summed E-state index contributed by atoms with van der Waals surface area (Å²) < 4.78 is 11.8. The molecule has 0 radical (unpaired) electrons. The van der Waals surface area contributed by atoms with Gasteiger partial charge < -0.3 is 10.0 Å². The van der Waals surface area contributed by atoms with Gasteiger partial charge in [-0.25, -0.2) is 4.79 Å². The van der Waals surface area contributed by atoms with Crippen LogP contribution in [0.25, 0.3) is 0 Å². The Morgan fingerprint density at radius 1 is 1.27 bits per heavy atom. The van der Waals surface area contributed by atoms with Gasteiger partial charge in [-0.3, -0.25) is 9.00 Å². The molecule has 1 N–H and O–H groups in total.